The standard InChI is InChI=1S/C23H26F2O3/c1-3-5-16-6-9-18(10-7-16)19-11-8-17(14-27-19)15-28-21-13-12-20(26-4-2)22(24)23(21)25/h3,5-7,9-10,12-13,17,19H,4,8,11,14-15H2,1-2H3. The van der Waals surface area contributed by atoms with Crippen LogP contribution in [0.15, 0.2) is 42.5 Å². The molecular weight excluding hydrogens is 362 g/mol. The molecule has 28 heavy (non-hydrogen) atoms. The maximum Gasteiger partial charge on any atom is 0.204 e. The largest absolute Gasteiger partial charge is 0.491 e. The fourth-order valence-electron chi connectivity index (χ4n) is 3.31. The molecule has 0 amide bonds. The van der Waals surface area contributed by atoms with Gasteiger partial charge in [-0.15, -0.1) is 0 Å². The molecule has 0 saturated carbocycles. The highest BCUT2D eigenvalue weighted by Crippen LogP contribution is 2.32. The average Bonchev–Trinajstić information content (AvgIpc) is 2.72. The van der Waals surface area contributed by atoms with Crippen LogP contribution in [0, 0.1) is 17.6 Å². The van der Waals surface area contributed by atoms with Crippen molar-refractivity contribution in [2.75, 3.05) is 19.8 Å². The van der Waals surface area contributed by atoms with Crippen molar-refractivity contribution in [2.45, 2.75) is 32.8 Å². The first-order valence-corrected chi connectivity index (χ1v) is 9.70. The molecule has 0 aliphatic carbocycles. The van der Waals surface area contributed by atoms with Crippen LogP contribution < -0.4 is 9.47 Å². The monoisotopic (exact) mass is 388 g/mol. The number of hydrogen-bond donors (Lipinski definition) is 0. The molecule has 0 N–H and O–H groups in total. The molecule has 0 bridgehead atoms. The summed E-state index contributed by atoms with van der Waals surface area (Å²) in [6, 6.07) is 11.1. The van der Waals surface area contributed by atoms with Crippen molar-refractivity contribution in [1.82, 2.24) is 0 Å². The summed E-state index contributed by atoms with van der Waals surface area (Å²) < 4.78 is 44.6. The van der Waals surface area contributed by atoms with Gasteiger partial charge in [0, 0.05) is 5.92 Å². The van der Waals surface area contributed by atoms with Gasteiger partial charge in [-0.25, -0.2) is 0 Å². The van der Waals surface area contributed by atoms with E-state index in [1.807, 2.05) is 13.0 Å². The fourth-order valence-corrected chi connectivity index (χ4v) is 3.31. The molecule has 2 aromatic rings. The van der Waals surface area contributed by atoms with Crippen LogP contribution in [0.1, 0.15) is 43.9 Å². The second kappa shape index (κ2) is 9.69. The SMILES string of the molecule is CC=Cc1ccc(C2CCC(COc3ccc(OCC)c(F)c3F)CO2)cc1. The van der Waals surface area contributed by atoms with Crippen LogP contribution in [-0.2, 0) is 4.74 Å². The molecule has 1 fully saturated rings. The molecule has 2 aromatic carbocycles. The van der Waals surface area contributed by atoms with E-state index in [0.29, 0.717) is 6.61 Å². The first-order valence-electron chi connectivity index (χ1n) is 9.70. The molecule has 0 radical (unpaired) electrons. The quantitative estimate of drug-likeness (QED) is 0.587. The number of benzene rings is 2. The predicted octanol–water partition coefficient (Wildman–Crippen LogP) is 5.94. The van der Waals surface area contributed by atoms with Crippen molar-refractivity contribution >= 4 is 6.08 Å². The van der Waals surface area contributed by atoms with Crippen molar-refractivity contribution in [1.29, 1.82) is 0 Å². The second-order valence-electron chi connectivity index (χ2n) is 6.87. The molecule has 2 unspecified atom stereocenters. The highest BCUT2D eigenvalue weighted by Gasteiger charge is 2.24. The topological polar surface area (TPSA) is 27.7 Å². The van der Waals surface area contributed by atoms with E-state index in [-0.39, 0.29) is 36.7 Å². The molecule has 1 aliphatic heterocycles. The summed E-state index contributed by atoms with van der Waals surface area (Å²) in [5.74, 6) is -2.07. The lowest BCUT2D eigenvalue weighted by Crippen LogP contribution is -2.25. The maximum atomic E-state index is 14.1. The van der Waals surface area contributed by atoms with Crippen LogP contribution in [0.3, 0.4) is 0 Å². The molecule has 1 aliphatic rings. The van der Waals surface area contributed by atoms with E-state index in [9.17, 15) is 8.78 Å². The van der Waals surface area contributed by atoms with Gasteiger partial charge >= 0.3 is 0 Å². The van der Waals surface area contributed by atoms with Gasteiger partial charge in [0.1, 0.15) is 0 Å². The molecule has 3 rings (SSSR count). The van der Waals surface area contributed by atoms with Crippen LogP contribution in [0.4, 0.5) is 8.78 Å². The minimum absolute atomic E-state index is 0.0653. The van der Waals surface area contributed by atoms with E-state index < -0.39 is 11.6 Å². The van der Waals surface area contributed by atoms with Crippen molar-refractivity contribution in [2.24, 2.45) is 5.92 Å². The highest BCUT2D eigenvalue weighted by molar-refractivity contribution is 5.49. The minimum atomic E-state index is -1.01. The number of halogens is 2. The molecule has 150 valence electrons. The van der Waals surface area contributed by atoms with Gasteiger partial charge in [-0.05, 0) is 49.9 Å². The van der Waals surface area contributed by atoms with Gasteiger partial charge in [0.25, 0.3) is 0 Å². The normalized spacial score (nSPS) is 19.7. The summed E-state index contributed by atoms with van der Waals surface area (Å²) in [6.45, 7) is 4.80. The number of rotatable bonds is 7. The van der Waals surface area contributed by atoms with Crippen LogP contribution >= 0.6 is 0 Å². The van der Waals surface area contributed by atoms with E-state index in [1.54, 1.807) is 6.92 Å². The zero-order valence-corrected chi connectivity index (χ0v) is 16.3. The lowest BCUT2D eigenvalue weighted by Gasteiger charge is -2.29. The third-order valence-electron chi connectivity index (χ3n) is 4.82. The molecule has 5 heteroatoms. The Morgan fingerprint density at radius 3 is 2.25 bits per heavy atom. The number of hydrogen-bond acceptors (Lipinski definition) is 3. The van der Waals surface area contributed by atoms with E-state index in [4.69, 9.17) is 14.2 Å². The summed E-state index contributed by atoms with van der Waals surface area (Å²) >= 11 is 0. The molecule has 2 atom stereocenters. The summed E-state index contributed by atoms with van der Waals surface area (Å²) in [7, 11) is 0. The molecule has 3 nitrogen and oxygen atoms in total. The molecule has 1 saturated heterocycles. The highest BCUT2D eigenvalue weighted by atomic mass is 19.2. The second-order valence-corrected chi connectivity index (χ2v) is 6.87. The van der Waals surface area contributed by atoms with Crippen molar-refractivity contribution < 1.29 is 23.0 Å². The summed E-state index contributed by atoms with van der Waals surface area (Å²) in [4.78, 5) is 0. The summed E-state index contributed by atoms with van der Waals surface area (Å²) in [5, 5.41) is 0. The number of ether oxygens (including phenoxy) is 3. The molecule has 0 spiro atoms. The minimum Gasteiger partial charge on any atom is -0.491 e. The van der Waals surface area contributed by atoms with E-state index in [2.05, 4.69) is 30.3 Å². The van der Waals surface area contributed by atoms with Crippen LogP contribution in [0.25, 0.3) is 6.08 Å². The first kappa shape index (κ1) is 20.3. The van der Waals surface area contributed by atoms with Gasteiger partial charge in [-0.1, -0.05) is 36.4 Å². The molecule has 1 heterocycles. The van der Waals surface area contributed by atoms with Gasteiger partial charge in [-0.2, -0.15) is 8.78 Å². The zero-order valence-electron chi connectivity index (χ0n) is 16.3. The van der Waals surface area contributed by atoms with E-state index in [1.165, 1.54) is 12.1 Å². The van der Waals surface area contributed by atoms with E-state index in [0.717, 1.165) is 24.0 Å². The van der Waals surface area contributed by atoms with Crippen LogP contribution in [0.5, 0.6) is 11.5 Å². The Kier molecular flexibility index (Phi) is 7.04. The zero-order chi connectivity index (χ0) is 19.9. The Bertz CT molecular complexity index is 794. The van der Waals surface area contributed by atoms with Gasteiger partial charge < -0.3 is 14.2 Å². The molecule has 0 aromatic heterocycles. The van der Waals surface area contributed by atoms with Gasteiger partial charge in [0.15, 0.2) is 11.5 Å². The summed E-state index contributed by atoms with van der Waals surface area (Å²) in [6.07, 6.45) is 5.91. The third-order valence-corrected chi connectivity index (χ3v) is 4.82. The Balaban J connectivity index is 1.51. The van der Waals surface area contributed by atoms with Gasteiger partial charge in [-0.3, -0.25) is 0 Å². The Labute approximate surface area is 164 Å². The Hall–Kier alpha value is -2.40. The average molecular weight is 388 g/mol. The van der Waals surface area contributed by atoms with Crippen LogP contribution in [-0.4, -0.2) is 19.8 Å². The summed E-state index contributed by atoms with van der Waals surface area (Å²) in [5.41, 5.74) is 2.32. The Morgan fingerprint density at radius 2 is 1.68 bits per heavy atom. The lowest BCUT2D eigenvalue weighted by atomic mass is 9.94. The lowest BCUT2D eigenvalue weighted by molar-refractivity contribution is -0.0289. The third kappa shape index (κ3) is 4.90. The van der Waals surface area contributed by atoms with E-state index >= 15 is 0 Å². The van der Waals surface area contributed by atoms with Crippen molar-refractivity contribution in [3.05, 3.63) is 65.2 Å². The number of allylic oxidation sites excluding steroid dienone is 1. The van der Waals surface area contributed by atoms with Crippen molar-refractivity contribution in [3.63, 3.8) is 0 Å². The first-order chi connectivity index (χ1) is 13.6. The van der Waals surface area contributed by atoms with Gasteiger partial charge in [0.05, 0.1) is 25.9 Å². The van der Waals surface area contributed by atoms with Crippen molar-refractivity contribution in [3.8, 4) is 11.5 Å². The van der Waals surface area contributed by atoms with Crippen LogP contribution in [0.2, 0.25) is 0 Å². The smallest absolute Gasteiger partial charge is 0.204 e. The fraction of sp³-hybridized carbons (Fsp3) is 0.391. The Morgan fingerprint density at radius 1 is 1.00 bits per heavy atom. The maximum absolute atomic E-state index is 14.1. The predicted molar refractivity (Wildman–Crippen MR) is 106 cm³/mol. The van der Waals surface area contributed by atoms with Gasteiger partial charge in [0.2, 0.25) is 11.6 Å². The molecular formula is C23H26F2O3.